The van der Waals surface area contributed by atoms with Crippen LogP contribution in [-0.4, -0.2) is 29.9 Å². The zero-order valence-electron chi connectivity index (χ0n) is 12.8. The molecule has 2 N–H and O–H groups in total. The summed E-state index contributed by atoms with van der Waals surface area (Å²) in [6, 6.07) is 0.537. The molecular weight excluding hydrogens is 248 g/mol. The van der Waals surface area contributed by atoms with Crippen LogP contribution in [0.3, 0.4) is 0 Å². The second-order valence-corrected chi connectivity index (χ2v) is 7.30. The van der Waals surface area contributed by atoms with Crippen molar-refractivity contribution in [2.24, 2.45) is 17.1 Å². The predicted octanol–water partition coefficient (Wildman–Crippen LogP) is 3.08. The highest BCUT2D eigenvalue weighted by Gasteiger charge is 2.45. The average Bonchev–Trinajstić information content (AvgIpc) is 2.54. The highest BCUT2D eigenvalue weighted by Crippen LogP contribution is 2.41. The van der Waals surface area contributed by atoms with Crippen LogP contribution in [0.1, 0.15) is 70.6 Å². The lowest BCUT2D eigenvalue weighted by molar-refractivity contribution is -0.150. The quantitative estimate of drug-likeness (QED) is 0.843. The Hall–Kier alpha value is -0.570. The molecule has 1 aliphatic heterocycles. The summed E-state index contributed by atoms with van der Waals surface area (Å²) in [6.07, 6.45) is 13.5. The number of nitrogens with zero attached hydrogens (tertiary/aromatic N) is 1. The van der Waals surface area contributed by atoms with Gasteiger partial charge >= 0.3 is 0 Å². The zero-order chi connectivity index (χ0) is 14.0. The summed E-state index contributed by atoms with van der Waals surface area (Å²) >= 11 is 0. The molecule has 2 atom stereocenters. The number of hydrogen-bond donors (Lipinski definition) is 1. The van der Waals surface area contributed by atoms with Crippen LogP contribution in [0.25, 0.3) is 0 Å². The van der Waals surface area contributed by atoms with E-state index in [1.165, 1.54) is 57.8 Å². The summed E-state index contributed by atoms with van der Waals surface area (Å²) in [5, 5.41) is 0. The molecule has 3 rings (SSSR count). The first-order chi connectivity index (χ1) is 9.77. The molecule has 2 aliphatic carbocycles. The second-order valence-electron chi connectivity index (χ2n) is 7.30. The normalized spacial score (nSPS) is 33.5. The van der Waals surface area contributed by atoms with Crippen molar-refractivity contribution < 1.29 is 4.79 Å². The number of hydrogen-bond acceptors (Lipinski definition) is 2. The third kappa shape index (κ3) is 2.49. The number of likely N-dealkylation sites (tertiary alicyclic amines) is 1. The zero-order valence-corrected chi connectivity index (χ0v) is 12.8. The topological polar surface area (TPSA) is 46.3 Å². The Morgan fingerprint density at radius 1 is 1.00 bits per heavy atom. The van der Waals surface area contributed by atoms with E-state index in [1.807, 2.05) is 0 Å². The molecule has 3 fully saturated rings. The fourth-order valence-electron chi connectivity index (χ4n) is 4.92. The monoisotopic (exact) mass is 278 g/mol. The number of amides is 1. The first-order valence-corrected chi connectivity index (χ1v) is 8.78. The summed E-state index contributed by atoms with van der Waals surface area (Å²) in [7, 11) is 0. The van der Waals surface area contributed by atoms with Gasteiger partial charge in [0.2, 0.25) is 5.91 Å². The highest BCUT2D eigenvalue weighted by atomic mass is 16.2. The van der Waals surface area contributed by atoms with E-state index in [9.17, 15) is 4.79 Å². The van der Waals surface area contributed by atoms with Gasteiger partial charge in [0.05, 0.1) is 5.41 Å². The SMILES string of the molecule is NCC1(C(=O)N2CCCC3CCCCC32)CCCCC1. The molecule has 0 aromatic heterocycles. The highest BCUT2D eigenvalue weighted by molar-refractivity contribution is 5.83. The van der Waals surface area contributed by atoms with Crippen molar-refractivity contribution in [1.29, 1.82) is 0 Å². The summed E-state index contributed by atoms with van der Waals surface area (Å²) in [5.74, 6) is 1.19. The molecule has 3 aliphatic rings. The largest absolute Gasteiger partial charge is 0.339 e. The summed E-state index contributed by atoms with van der Waals surface area (Å²) in [6.45, 7) is 1.54. The van der Waals surface area contributed by atoms with Gasteiger partial charge in [-0.2, -0.15) is 0 Å². The van der Waals surface area contributed by atoms with Gasteiger partial charge in [0.15, 0.2) is 0 Å². The summed E-state index contributed by atoms with van der Waals surface area (Å²) in [4.78, 5) is 15.5. The predicted molar refractivity (Wildman–Crippen MR) is 81.3 cm³/mol. The van der Waals surface area contributed by atoms with Gasteiger partial charge in [-0.05, 0) is 44.4 Å². The summed E-state index contributed by atoms with van der Waals surface area (Å²) in [5.41, 5.74) is 5.86. The van der Waals surface area contributed by atoms with Crippen LogP contribution in [0.15, 0.2) is 0 Å². The van der Waals surface area contributed by atoms with Gasteiger partial charge in [0.25, 0.3) is 0 Å². The van der Waals surface area contributed by atoms with E-state index in [2.05, 4.69) is 4.90 Å². The molecule has 0 aromatic rings. The van der Waals surface area contributed by atoms with E-state index in [0.717, 1.165) is 25.3 Å². The fraction of sp³-hybridized carbons (Fsp3) is 0.941. The maximum atomic E-state index is 13.2. The van der Waals surface area contributed by atoms with Gasteiger partial charge in [-0.15, -0.1) is 0 Å². The van der Waals surface area contributed by atoms with Crippen LogP contribution < -0.4 is 5.73 Å². The average molecular weight is 278 g/mol. The Labute approximate surface area is 123 Å². The number of carbonyl (C=O) groups is 1. The minimum absolute atomic E-state index is 0.211. The molecule has 3 heteroatoms. The van der Waals surface area contributed by atoms with Gasteiger partial charge in [0.1, 0.15) is 0 Å². The van der Waals surface area contributed by atoms with E-state index in [4.69, 9.17) is 5.73 Å². The van der Waals surface area contributed by atoms with Gasteiger partial charge in [-0.1, -0.05) is 32.1 Å². The van der Waals surface area contributed by atoms with Crippen molar-refractivity contribution in [3.63, 3.8) is 0 Å². The van der Waals surface area contributed by atoms with E-state index < -0.39 is 0 Å². The standard InChI is InChI=1S/C17H30N2O/c18-13-17(10-4-1-5-11-17)16(20)19-12-6-8-14-7-2-3-9-15(14)19/h14-15H,1-13,18H2. The summed E-state index contributed by atoms with van der Waals surface area (Å²) < 4.78 is 0. The van der Waals surface area contributed by atoms with Crippen molar-refractivity contribution >= 4 is 5.91 Å². The van der Waals surface area contributed by atoms with E-state index in [1.54, 1.807) is 0 Å². The second kappa shape index (κ2) is 6.05. The lowest BCUT2D eigenvalue weighted by atomic mass is 9.71. The van der Waals surface area contributed by atoms with Gasteiger partial charge < -0.3 is 10.6 Å². The van der Waals surface area contributed by atoms with Crippen molar-refractivity contribution in [3.05, 3.63) is 0 Å². The van der Waals surface area contributed by atoms with Crippen LogP contribution in [0.4, 0.5) is 0 Å². The van der Waals surface area contributed by atoms with E-state index in [0.29, 0.717) is 18.5 Å². The van der Waals surface area contributed by atoms with Crippen LogP contribution in [0, 0.1) is 11.3 Å². The molecule has 0 radical (unpaired) electrons. The van der Waals surface area contributed by atoms with Gasteiger partial charge in [-0.3, -0.25) is 4.79 Å². The van der Waals surface area contributed by atoms with Crippen molar-refractivity contribution in [2.45, 2.75) is 76.7 Å². The minimum atomic E-state index is -0.211. The lowest BCUT2D eigenvalue weighted by Gasteiger charge is -2.48. The molecular formula is C17H30N2O. The van der Waals surface area contributed by atoms with Crippen molar-refractivity contribution in [2.75, 3.05) is 13.1 Å². The Morgan fingerprint density at radius 2 is 1.70 bits per heavy atom. The van der Waals surface area contributed by atoms with Crippen molar-refractivity contribution in [3.8, 4) is 0 Å². The molecule has 2 saturated carbocycles. The molecule has 0 bridgehead atoms. The Kier molecular flexibility index (Phi) is 4.34. The molecule has 0 aromatic carbocycles. The molecule has 20 heavy (non-hydrogen) atoms. The molecule has 3 nitrogen and oxygen atoms in total. The van der Waals surface area contributed by atoms with Gasteiger partial charge in [-0.25, -0.2) is 0 Å². The smallest absolute Gasteiger partial charge is 0.230 e. The third-order valence-corrected chi connectivity index (χ3v) is 6.16. The number of nitrogens with two attached hydrogens (primary N) is 1. The third-order valence-electron chi connectivity index (χ3n) is 6.16. The molecule has 1 amide bonds. The molecule has 114 valence electrons. The number of fused-ring (bicyclic) bond motifs is 1. The maximum Gasteiger partial charge on any atom is 0.230 e. The van der Waals surface area contributed by atoms with Crippen LogP contribution in [0.5, 0.6) is 0 Å². The van der Waals surface area contributed by atoms with Crippen LogP contribution in [0.2, 0.25) is 0 Å². The minimum Gasteiger partial charge on any atom is -0.339 e. The molecule has 1 saturated heterocycles. The number of piperidine rings is 1. The first kappa shape index (κ1) is 14.4. The van der Waals surface area contributed by atoms with E-state index in [-0.39, 0.29) is 5.41 Å². The first-order valence-electron chi connectivity index (χ1n) is 8.78. The Bertz CT molecular complexity index is 347. The van der Waals surface area contributed by atoms with Crippen molar-refractivity contribution in [1.82, 2.24) is 4.90 Å². The Balaban J connectivity index is 1.77. The van der Waals surface area contributed by atoms with E-state index >= 15 is 0 Å². The molecule has 0 spiro atoms. The molecule has 1 heterocycles. The maximum absolute atomic E-state index is 13.2. The fourth-order valence-corrected chi connectivity index (χ4v) is 4.92. The number of rotatable bonds is 2. The lowest BCUT2D eigenvalue weighted by Crippen LogP contribution is -2.56. The van der Waals surface area contributed by atoms with Crippen LogP contribution in [-0.2, 0) is 4.79 Å². The molecule has 2 unspecified atom stereocenters. The van der Waals surface area contributed by atoms with Gasteiger partial charge in [0, 0.05) is 19.1 Å². The Morgan fingerprint density at radius 3 is 2.45 bits per heavy atom. The van der Waals surface area contributed by atoms with Crippen LogP contribution >= 0.6 is 0 Å². The number of carbonyl (C=O) groups excluding carboxylic acids is 1.